The van der Waals surface area contributed by atoms with Gasteiger partial charge in [-0.25, -0.2) is 4.39 Å². The molecular weight excluding hydrogens is 402 g/mol. The number of ether oxygens (including phenoxy) is 1. The van der Waals surface area contributed by atoms with Crippen LogP contribution in [0, 0.1) is 47.1 Å². The average molecular weight is 449 g/mol. The van der Waals surface area contributed by atoms with Crippen LogP contribution >= 0.6 is 0 Å². The lowest BCUT2D eigenvalue weighted by molar-refractivity contribution is 0.147. The number of aryl methyl sites for hydroxylation is 1. The van der Waals surface area contributed by atoms with Crippen LogP contribution in [0.25, 0.3) is 0 Å². The van der Waals surface area contributed by atoms with Gasteiger partial charge < -0.3 is 4.74 Å². The Morgan fingerprint density at radius 1 is 0.844 bits per heavy atom. The van der Waals surface area contributed by atoms with Gasteiger partial charge in [0.2, 0.25) is 5.82 Å². The topological polar surface area (TPSA) is 9.23 Å². The van der Waals surface area contributed by atoms with E-state index in [1.807, 2.05) is 0 Å². The van der Waals surface area contributed by atoms with Gasteiger partial charge in [0.1, 0.15) is 0 Å². The minimum atomic E-state index is -0.811. The summed E-state index contributed by atoms with van der Waals surface area (Å²) >= 11 is 0. The second-order valence-corrected chi connectivity index (χ2v) is 11.6. The fraction of sp³-hybridized carbons (Fsp3) is 0.793. The Labute approximate surface area is 195 Å². The van der Waals surface area contributed by atoms with E-state index < -0.39 is 11.6 Å². The third kappa shape index (κ3) is 7.45. The van der Waals surface area contributed by atoms with Crippen molar-refractivity contribution in [1.82, 2.24) is 0 Å². The molecule has 0 heterocycles. The van der Waals surface area contributed by atoms with E-state index in [4.69, 9.17) is 4.74 Å². The zero-order valence-corrected chi connectivity index (χ0v) is 21.0. The molecule has 2 aliphatic rings. The van der Waals surface area contributed by atoms with E-state index in [-0.39, 0.29) is 5.75 Å². The van der Waals surface area contributed by atoms with Gasteiger partial charge >= 0.3 is 0 Å². The molecule has 1 aromatic rings. The maximum absolute atomic E-state index is 14.7. The predicted molar refractivity (Wildman–Crippen MR) is 130 cm³/mol. The van der Waals surface area contributed by atoms with Crippen molar-refractivity contribution in [2.75, 3.05) is 6.61 Å². The molecule has 2 fully saturated rings. The molecule has 182 valence electrons. The molecule has 0 spiro atoms. The quantitative estimate of drug-likeness (QED) is 0.347. The lowest BCUT2D eigenvalue weighted by atomic mass is 9.69. The maximum atomic E-state index is 14.7. The maximum Gasteiger partial charge on any atom is 0.200 e. The van der Waals surface area contributed by atoms with Crippen molar-refractivity contribution < 1.29 is 13.5 Å². The molecule has 0 saturated heterocycles. The van der Waals surface area contributed by atoms with Gasteiger partial charge in [-0.05, 0) is 92.1 Å². The van der Waals surface area contributed by atoms with Crippen LogP contribution in [0.1, 0.15) is 104 Å². The Balaban J connectivity index is 1.42. The van der Waals surface area contributed by atoms with Gasteiger partial charge in [0.15, 0.2) is 11.6 Å². The van der Waals surface area contributed by atoms with Gasteiger partial charge in [-0.1, -0.05) is 65.9 Å². The minimum Gasteiger partial charge on any atom is -0.490 e. The molecular formula is C29H46F2O. The fourth-order valence-corrected chi connectivity index (χ4v) is 5.87. The molecule has 0 amide bonds. The van der Waals surface area contributed by atoms with Gasteiger partial charge in [0, 0.05) is 0 Å². The smallest absolute Gasteiger partial charge is 0.200 e. The van der Waals surface area contributed by atoms with Gasteiger partial charge in [-0.2, -0.15) is 4.39 Å². The largest absolute Gasteiger partial charge is 0.490 e. The van der Waals surface area contributed by atoms with Crippen LogP contribution in [0.4, 0.5) is 8.78 Å². The van der Waals surface area contributed by atoms with E-state index in [0.29, 0.717) is 36.3 Å². The van der Waals surface area contributed by atoms with Crippen molar-refractivity contribution in [2.24, 2.45) is 35.5 Å². The monoisotopic (exact) mass is 448 g/mol. The summed E-state index contributed by atoms with van der Waals surface area (Å²) in [5.74, 6) is 2.97. The Kier molecular flexibility index (Phi) is 9.86. The molecule has 1 nitrogen and oxygen atoms in total. The zero-order chi connectivity index (χ0) is 23.1. The van der Waals surface area contributed by atoms with E-state index in [2.05, 4.69) is 27.7 Å². The molecule has 1 unspecified atom stereocenters. The van der Waals surface area contributed by atoms with E-state index in [1.54, 1.807) is 12.1 Å². The normalized spacial score (nSPS) is 27.5. The highest BCUT2D eigenvalue weighted by Crippen LogP contribution is 2.42. The molecule has 2 saturated carbocycles. The summed E-state index contributed by atoms with van der Waals surface area (Å²) < 4.78 is 34.9. The first-order valence-corrected chi connectivity index (χ1v) is 13.4. The van der Waals surface area contributed by atoms with E-state index in [9.17, 15) is 8.78 Å². The molecule has 0 radical (unpaired) electrons. The highest BCUT2D eigenvalue weighted by Gasteiger charge is 2.30. The van der Waals surface area contributed by atoms with Crippen LogP contribution in [-0.2, 0) is 6.42 Å². The lowest BCUT2D eigenvalue weighted by Crippen LogP contribution is -2.25. The lowest BCUT2D eigenvalue weighted by Gasteiger charge is -2.37. The van der Waals surface area contributed by atoms with Crippen molar-refractivity contribution in [3.8, 4) is 5.75 Å². The van der Waals surface area contributed by atoms with Crippen molar-refractivity contribution in [2.45, 2.75) is 105 Å². The van der Waals surface area contributed by atoms with Crippen LogP contribution in [0.2, 0.25) is 0 Å². The van der Waals surface area contributed by atoms with Gasteiger partial charge in [0.25, 0.3) is 0 Å². The zero-order valence-electron chi connectivity index (χ0n) is 21.0. The molecule has 0 bridgehead atoms. The van der Waals surface area contributed by atoms with Crippen LogP contribution in [-0.4, -0.2) is 6.61 Å². The summed E-state index contributed by atoms with van der Waals surface area (Å²) in [5.41, 5.74) is 0.506. The molecule has 0 aliphatic heterocycles. The third-order valence-electron chi connectivity index (χ3n) is 8.33. The number of hydrogen-bond donors (Lipinski definition) is 0. The first kappa shape index (κ1) is 25.5. The predicted octanol–water partition coefficient (Wildman–Crippen LogP) is 8.98. The van der Waals surface area contributed by atoms with Gasteiger partial charge in [0.05, 0.1) is 6.61 Å². The Bertz CT molecular complexity index is 685. The summed E-state index contributed by atoms with van der Waals surface area (Å²) in [6.45, 7) is 9.33. The average Bonchev–Trinajstić information content (AvgIpc) is 2.79. The van der Waals surface area contributed by atoms with Crippen molar-refractivity contribution in [3.63, 3.8) is 0 Å². The molecule has 0 aromatic heterocycles. The first-order chi connectivity index (χ1) is 15.3. The molecule has 0 N–H and O–H groups in total. The molecule has 2 aliphatic carbocycles. The van der Waals surface area contributed by atoms with Crippen LogP contribution in [0.3, 0.4) is 0 Å². The highest BCUT2D eigenvalue weighted by atomic mass is 19.2. The Morgan fingerprint density at radius 2 is 1.47 bits per heavy atom. The summed E-state index contributed by atoms with van der Waals surface area (Å²) in [4.78, 5) is 0. The van der Waals surface area contributed by atoms with E-state index in [0.717, 1.165) is 37.0 Å². The van der Waals surface area contributed by atoms with Gasteiger partial charge in [-0.3, -0.25) is 0 Å². The summed E-state index contributed by atoms with van der Waals surface area (Å²) in [6, 6.07) is 3.37. The Hall–Kier alpha value is -1.12. The fourth-order valence-electron chi connectivity index (χ4n) is 5.87. The van der Waals surface area contributed by atoms with E-state index in [1.165, 1.54) is 51.4 Å². The second-order valence-electron chi connectivity index (χ2n) is 11.6. The van der Waals surface area contributed by atoms with Crippen molar-refractivity contribution in [1.29, 1.82) is 0 Å². The minimum absolute atomic E-state index is 0.0601. The second kappa shape index (κ2) is 12.4. The van der Waals surface area contributed by atoms with Crippen LogP contribution < -0.4 is 4.74 Å². The summed E-state index contributed by atoms with van der Waals surface area (Å²) in [5, 5.41) is 0. The third-order valence-corrected chi connectivity index (χ3v) is 8.33. The SMILES string of the molecule is CC(C)CCC(C)COc1ccc(CCC2CCC(C3CCC(C)CC3)CC2)c(F)c1F. The van der Waals surface area contributed by atoms with Crippen molar-refractivity contribution in [3.05, 3.63) is 29.3 Å². The molecule has 3 rings (SSSR count). The molecule has 3 heteroatoms. The molecule has 1 atom stereocenters. The number of halogens is 2. The van der Waals surface area contributed by atoms with Crippen LogP contribution in [0.5, 0.6) is 5.75 Å². The summed E-state index contributed by atoms with van der Waals surface area (Å²) in [7, 11) is 0. The van der Waals surface area contributed by atoms with Crippen molar-refractivity contribution >= 4 is 0 Å². The molecule has 1 aromatic carbocycles. The number of benzene rings is 1. The standard InChI is InChI=1S/C29H46F2O/c1-20(2)5-6-22(4)19-32-27-18-17-26(28(30)29(27)31)16-11-23-9-14-25(15-10-23)24-12-7-21(3)8-13-24/h17-18,20-25H,5-16,19H2,1-4H3. The van der Waals surface area contributed by atoms with Gasteiger partial charge in [-0.15, -0.1) is 0 Å². The van der Waals surface area contributed by atoms with Crippen LogP contribution in [0.15, 0.2) is 12.1 Å². The highest BCUT2D eigenvalue weighted by molar-refractivity contribution is 5.31. The molecule has 32 heavy (non-hydrogen) atoms. The first-order valence-electron chi connectivity index (χ1n) is 13.4. The number of rotatable bonds is 10. The Morgan fingerprint density at radius 3 is 2.09 bits per heavy atom. The number of hydrogen-bond acceptors (Lipinski definition) is 1. The summed E-state index contributed by atoms with van der Waals surface area (Å²) in [6.07, 6.45) is 14.6. The van der Waals surface area contributed by atoms with E-state index >= 15 is 0 Å².